The average Bonchev–Trinajstić information content (AvgIpc) is 1.72. The van der Waals surface area contributed by atoms with Crippen molar-refractivity contribution in [3.63, 3.8) is 0 Å². The molecule has 8 aromatic heterocycles. The van der Waals surface area contributed by atoms with E-state index < -0.39 is 23.1 Å². The Bertz CT molecular complexity index is 4020. The predicted octanol–water partition coefficient (Wildman–Crippen LogP) is 9.00. The van der Waals surface area contributed by atoms with Crippen LogP contribution in [-0.4, -0.2) is 195 Å². The SMILES string of the molecule is C.CNC.C[C@@H](CC(=O)O)CC(=O)OC(C)(C)C.C[C@H](CC(=O)OC(C)(C)C)CC(=O)N(C)C.C[C@H](N)CC(=O)N(C)C.Cc1cnc2ccc(-c3nc(C(=O)C[C@@H](C)CC(=O)N(C)C)c(N)nc3-c3ncco3)cn12.Cc1cnc2ccc(-c3nc(C(=O)O)c(N)nc3-c3ncco3)cn12. The predicted molar refractivity (Wildman–Crippen MR) is 384 cm³/mol. The number of carbonyl (C=O) groups is 8. The molecule has 101 heavy (non-hydrogen) atoms. The number of nitrogens with one attached hydrogen (secondary N) is 1. The topological polar surface area (TPSA) is 434 Å². The highest BCUT2D eigenvalue weighted by Crippen LogP contribution is 2.33. The number of ether oxygens (including phenoxy) is 2. The smallest absolute Gasteiger partial charge is 0.358 e. The molecule has 0 aromatic carbocycles. The minimum atomic E-state index is -1.26. The van der Waals surface area contributed by atoms with Crippen molar-refractivity contribution >= 4 is 70.3 Å². The van der Waals surface area contributed by atoms with Gasteiger partial charge in [0, 0.05) is 141 Å². The molecule has 8 aromatic rings. The van der Waals surface area contributed by atoms with Crippen LogP contribution in [0.4, 0.5) is 11.6 Å². The van der Waals surface area contributed by atoms with E-state index in [2.05, 4.69) is 45.2 Å². The number of carboxylic acids is 2. The van der Waals surface area contributed by atoms with Gasteiger partial charge in [0.15, 0.2) is 34.5 Å². The number of carbonyl (C=O) groups excluding carboxylic acids is 6. The van der Waals surface area contributed by atoms with Gasteiger partial charge in [-0.15, -0.1) is 0 Å². The Morgan fingerprint density at radius 1 is 0.535 bits per heavy atom. The van der Waals surface area contributed by atoms with Gasteiger partial charge in [-0.25, -0.2) is 44.7 Å². The number of hydrogen-bond donors (Lipinski definition) is 6. The molecule has 0 aliphatic rings. The molecule has 0 bridgehead atoms. The zero-order valence-electron chi connectivity index (χ0n) is 61.0. The van der Waals surface area contributed by atoms with Crippen LogP contribution in [0.3, 0.4) is 0 Å². The van der Waals surface area contributed by atoms with Gasteiger partial charge in [-0.1, -0.05) is 28.2 Å². The molecule has 8 heterocycles. The van der Waals surface area contributed by atoms with Gasteiger partial charge in [0.1, 0.15) is 52.1 Å². The van der Waals surface area contributed by atoms with Crippen LogP contribution in [0, 0.1) is 31.6 Å². The molecule has 0 aliphatic heterocycles. The number of esters is 2. The monoisotopic (exact) mass is 1410 g/mol. The van der Waals surface area contributed by atoms with Crippen molar-refractivity contribution in [2.75, 3.05) is 67.8 Å². The average molecular weight is 1410 g/mol. The molecule has 0 spiro atoms. The van der Waals surface area contributed by atoms with Gasteiger partial charge >= 0.3 is 23.9 Å². The van der Waals surface area contributed by atoms with Crippen LogP contribution >= 0.6 is 0 Å². The zero-order chi connectivity index (χ0) is 75.7. The third-order valence-electron chi connectivity index (χ3n) is 13.5. The van der Waals surface area contributed by atoms with Crippen LogP contribution in [0.25, 0.3) is 57.0 Å². The van der Waals surface area contributed by atoms with Crippen LogP contribution in [0.5, 0.6) is 0 Å². The van der Waals surface area contributed by atoms with Gasteiger partial charge in [-0.05, 0) is 118 Å². The number of oxazole rings is 2. The number of anilines is 2. The van der Waals surface area contributed by atoms with Crippen LogP contribution in [0.1, 0.15) is 154 Å². The summed E-state index contributed by atoms with van der Waals surface area (Å²) in [6.45, 7) is 22.0. The minimum absolute atomic E-state index is 0. The van der Waals surface area contributed by atoms with E-state index in [1.165, 1.54) is 34.7 Å². The third kappa shape index (κ3) is 29.0. The number of aromatic carboxylic acids is 1. The van der Waals surface area contributed by atoms with E-state index in [-0.39, 0.29) is 139 Å². The van der Waals surface area contributed by atoms with E-state index >= 15 is 0 Å². The van der Waals surface area contributed by atoms with Crippen molar-refractivity contribution in [3.8, 4) is 45.7 Å². The number of carboxylic acid groups (broad SMARTS) is 2. The number of fused-ring (bicyclic) bond motifs is 2. The van der Waals surface area contributed by atoms with E-state index in [0.717, 1.165) is 22.7 Å². The molecule has 31 nitrogen and oxygen atoms in total. The Balaban J connectivity index is 0.000000453. The Morgan fingerprint density at radius 2 is 0.891 bits per heavy atom. The van der Waals surface area contributed by atoms with Crippen molar-refractivity contribution in [1.82, 2.24) is 68.7 Å². The second kappa shape index (κ2) is 39.9. The maximum Gasteiger partial charge on any atom is 0.358 e. The molecule has 4 atom stereocenters. The summed E-state index contributed by atoms with van der Waals surface area (Å²) < 4.78 is 24.8. The van der Waals surface area contributed by atoms with Gasteiger partial charge in [0.2, 0.25) is 29.5 Å². The van der Waals surface area contributed by atoms with E-state index in [0.29, 0.717) is 41.1 Å². The lowest BCUT2D eigenvalue weighted by Crippen LogP contribution is -2.28. The van der Waals surface area contributed by atoms with Crippen molar-refractivity contribution in [1.29, 1.82) is 0 Å². The van der Waals surface area contributed by atoms with Gasteiger partial charge in [0.05, 0.1) is 12.4 Å². The molecule has 8 rings (SSSR count). The molecule has 9 N–H and O–H groups in total. The number of aryl methyl sites for hydroxylation is 2. The highest BCUT2D eigenvalue weighted by molar-refractivity contribution is 6.00. The van der Waals surface area contributed by atoms with Gasteiger partial charge in [0.25, 0.3) is 0 Å². The number of ketones is 1. The largest absolute Gasteiger partial charge is 0.481 e. The molecular weight excluding hydrogens is 1300 g/mol. The van der Waals surface area contributed by atoms with Crippen molar-refractivity contribution in [3.05, 3.63) is 96.7 Å². The zero-order valence-corrected chi connectivity index (χ0v) is 61.0. The Kier molecular flexibility index (Phi) is 34.2. The second-order valence-electron chi connectivity index (χ2n) is 26.5. The second-order valence-corrected chi connectivity index (χ2v) is 26.5. The summed E-state index contributed by atoms with van der Waals surface area (Å²) in [4.78, 5) is 131. The molecular formula is C70H103N17O14. The van der Waals surface area contributed by atoms with Crippen molar-refractivity contribution in [2.45, 2.75) is 153 Å². The van der Waals surface area contributed by atoms with Crippen molar-refractivity contribution < 1.29 is 66.9 Å². The molecule has 552 valence electrons. The van der Waals surface area contributed by atoms with Crippen LogP contribution < -0.4 is 22.5 Å². The number of aromatic nitrogens is 10. The fourth-order valence-corrected chi connectivity index (χ4v) is 8.81. The molecule has 0 unspecified atom stereocenters. The summed E-state index contributed by atoms with van der Waals surface area (Å²) >= 11 is 0. The first kappa shape index (κ1) is 86.5. The summed E-state index contributed by atoms with van der Waals surface area (Å²) in [5.74, 6) is -3.03. The Morgan fingerprint density at radius 3 is 1.22 bits per heavy atom. The Labute approximate surface area is 590 Å². The summed E-state index contributed by atoms with van der Waals surface area (Å²) in [5.41, 5.74) is 22.1. The quantitative estimate of drug-likeness (QED) is 0.0306. The lowest BCUT2D eigenvalue weighted by Gasteiger charge is -2.21. The van der Waals surface area contributed by atoms with E-state index in [1.807, 2.05) is 96.6 Å². The molecule has 31 heteroatoms. The van der Waals surface area contributed by atoms with E-state index in [9.17, 15) is 43.5 Å². The number of Topliss-reactive ketones (excluding diaryl/α,β-unsaturated/α-hetero) is 1. The number of nitrogen functional groups attached to an aromatic ring is 2. The number of nitrogens with zero attached hydrogens (tertiary/aromatic N) is 13. The molecule has 0 radical (unpaired) electrons. The summed E-state index contributed by atoms with van der Waals surface area (Å²) in [6.07, 6.45) is 14.6. The van der Waals surface area contributed by atoms with Crippen LogP contribution in [0.2, 0.25) is 0 Å². The summed E-state index contributed by atoms with van der Waals surface area (Å²) in [6, 6.07) is 7.26. The minimum Gasteiger partial charge on any atom is -0.481 e. The number of amides is 3. The maximum absolute atomic E-state index is 13.1. The van der Waals surface area contributed by atoms with Crippen LogP contribution in [-0.2, 0) is 38.2 Å². The first-order chi connectivity index (χ1) is 46.6. The van der Waals surface area contributed by atoms with Gasteiger partial charge in [-0.2, -0.15) is 0 Å². The molecule has 0 saturated heterocycles. The lowest BCUT2D eigenvalue weighted by atomic mass is 9.98. The van der Waals surface area contributed by atoms with Crippen LogP contribution in [0.15, 0.2) is 82.8 Å². The normalized spacial score (nSPS) is 12.0. The summed E-state index contributed by atoms with van der Waals surface area (Å²) in [5, 5.41) is 20.5. The third-order valence-corrected chi connectivity index (χ3v) is 13.5. The fourth-order valence-electron chi connectivity index (χ4n) is 8.81. The highest BCUT2D eigenvalue weighted by atomic mass is 16.6. The van der Waals surface area contributed by atoms with E-state index in [4.69, 9.17) is 40.6 Å². The van der Waals surface area contributed by atoms with E-state index in [1.54, 1.807) is 106 Å². The van der Waals surface area contributed by atoms with Gasteiger partial charge < -0.3 is 74.5 Å². The number of aliphatic carboxylic acids is 1. The first-order valence-electron chi connectivity index (χ1n) is 32.0. The molecule has 3 amide bonds. The van der Waals surface area contributed by atoms with Crippen molar-refractivity contribution in [2.24, 2.45) is 23.5 Å². The Hall–Kier alpha value is -10.6. The maximum atomic E-state index is 13.1. The summed E-state index contributed by atoms with van der Waals surface area (Å²) in [7, 11) is 14.0. The lowest BCUT2D eigenvalue weighted by molar-refractivity contribution is -0.157. The molecule has 0 fully saturated rings. The number of rotatable bonds is 20. The molecule has 0 aliphatic carbocycles. The van der Waals surface area contributed by atoms with Gasteiger partial charge in [-0.3, -0.25) is 33.6 Å². The fraction of sp³-hybridized carbons (Fsp3) is 0.486. The number of nitrogens with two attached hydrogens (primary N) is 3. The molecule has 0 saturated carbocycles. The number of imidazole rings is 2. The number of hydrogen-bond acceptors (Lipinski definition) is 24. The number of pyridine rings is 2. The standard InChI is InChI=1S/C23H25N7O3.C16H12N6O3.C12H23NO3.C10H18O4.C6H14N2O.C2H7N.CH4/c1-13(10-18(32)29(3)4)9-16(31)20-22(24)28-21(23-25-7-8-33-23)19(27-20)15-5-6-17-26-11-14(2)30(17)12-15;1-8-6-19-10-3-2-9(7-22(8)10)11-12(15-18-4-5-25-15)21-14(17)13(20-11)16(23)24;1-9(7-10(14)13(5)6)8-11(15)16-12(2,3)4;1-7(5-8(11)12)6-9(13)14-10(2,3)4;1-5(7)4-6(9)8(2)3;1-3-2;/h5-8,11-13H,9-10H2,1-4H3,(H2,24,28);2-7H,1H3,(H2,17,21)(H,23,24);9H,7-8H2,1-6H3;7H,5-6H2,1-4H3,(H,11,12);5H,4,7H2,1-3H3;3H,1-2H3;1H4/t13-;;9-;7-;5-;;/m1.000../s1. The highest BCUT2D eigenvalue weighted by Gasteiger charge is 2.27. The first-order valence-corrected chi connectivity index (χ1v) is 32.0.